The van der Waals surface area contributed by atoms with Crippen LogP contribution in [0, 0.1) is 0 Å². The molecule has 1 aromatic rings. The van der Waals surface area contributed by atoms with Crippen LogP contribution < -0.4 is 5.32 Å². The number of carbonyl (C=O) groups is 1. The molecule has 0 radical (unpaired) electrons. The van der Waals surface area contributed by atoms with Gasteiger partial charge in [-0.1, -0.05) is 0 Å². The third-order valence-corrected chi connectivity index (χ3v) is 3.35. The molecule has 1 aromatic heterocycles. The van der Waals surface area contributed by atoms with Crippen molar-refractivity contribution in [3.63, 3.8) is 0 Å². The Kier molecular flexibility index (Phi) is 5.42. The van der Waals surface area contributed by atoms with E-state index in [0.717, 1.165) is 31.7 Å². The molecule has 0 atom stereocenters. The highest BCUT2D eigenvalue weighted by Gasteiger charge is 2.15. The van der Waals surface area contributed by atoms with Gasteiger partial charge in [0.1, 0.15) is 5.76 Å². The van der Waals surface area contributed by atoms with Crippen molar-refractivity contribution in [3.05, 3.63) is 24.2 Å². The van der Waals surface area contributed by atoms with Crippen LogP contribution in [0.15, 0.2) is 22.8 Å². The van der Waals surface area contributed by atoms with E-state index in [1.165, 1.54) is 0 Å². The second-order valence-electron chi connectivity index (χ2n) is 4.90. The number of hydrogen-bond acceptors (Lipinski definition) is 4. The van der Waals surface area contributed by atoms with Gasteiger partial charge in [-0.15, -0.1) is 0 Å². The van der Waals surface area contributed by atoms with Crippen molar-refractivity contribution < 1.29 is 13.9 Å². The van der Waals surface area contributed by atoms with E-state index in [9.17, 15) is 4.79 Å². The van der Waals surface area contributed by atoms with Gasteiger partial charge >= 0.3 is 0 Å². The normalized spacial score (nSPS) is 16.5. The Morgan fingerprint density at radius 3 is 3.00 bits per heavy atom. The molecule has 1 fully saturated rings. The fourth-order valence-electron chi connectivity index (χ4n) is 2.19. The van der Waals surface area contributed by atoms with Crippen molar-refractivity contribution in [3.8, 4) is 0 Å². The lowest BCUT2D eigenvalue weighted by atomic mass is 10.1. The Balaban J connectivity index is 1.63. The lowest BCUT2D eigenvalue weighted by Crippen LogP contribution is -2.33. The molecule has 0 unspecified atom stereocenters. The predicted molar refractivity (Wildman–Crippen MR) is 71.6 cm³/mol. The first-order valence-electron chi connectivity index (χ1n) is 6.84. The second-order valence-corrected chi connectivity index (χ2v) is 4.90. The van der Waals surface area contributed by atoms with Crippen LogP contribution in [0.5, 0.6) is 0 Å². The third kappa shape index (κ3) is 4.69. The molecular formula is C14H22N2O3. The fourth-order valence-corrected chi connectivity index (χ4v) is 2.19. The number of nitrogens with zero attached hydrogens (tertiary/aromatic N) is 1. The largest absolute Gasteiger partial charge is 0.467 e. The molecule has 19 heavy (non-hydrogen) atoms. The van der Waals surface area contributed by atoms with Gasteiger partial charge in [0.15, 0.2) is 0 Å². The van der Waals surface area contributed by atoms with Gasteiger partial charge in [0.05, 0.1) is 31.9 Å². The number of ether oxygens (including phenoxy) is 1. The highest BCUT2D eigenvalue weighted by Crippen LogP contribution is 2.09. The SMILES string of the molecule is CN(Cc1ccco1)C(=O)CCOC1CCNCC1. The van der Waals surface area contributed by atoms with Crippen molar-refractivity contribution in [2.24, 2.45) is 0 Å². The summed E-state index contributed by atoms with van der Waals surface area (Å²) < 4.78 is 10.9. The van der Waals surface area contributed by atoms with Crippen LogP contribution in [0.2, 0.25) is 0 Å². The van der Waals surface area contributed by atoms with Crippen molar-refractivity contribution in [1.29, 1.82) is 0 Å². The van der Waals surface area contributed by atoms with Crippen LogP contribution in [0.25, 0.3) is 0 Å². The Bertz CT molecular complexity index is 372. The van der Waals surface area contributed by atoms with Crippen LogP contribution in [-0.2, 0) is 16.1 Å². The monoisotopic (exact) mass is 266 g/mol. The van der Waals surface area contributed by atoms with E-state index in [4.69, 9.17) is 9.15 Å². The highest BCUT2D eigenvalue weighted by atomic mass is 16.5. The minimum Gasteiger partial charge on any atom is -0.467 e. The molecule has 1 amide bonds. The molecule has 106 valence electrons. The summed E-state index contributed by atoms with van der Waals surface area (Å²) in [5.41, 5.74) is 0. The summed E-state index contributed by atoms with van der Waals surface area (Å²) in [6.07, 6.45) is 4.44. The molecule has 1 saturated heterocycles. The van der Waals surface area contributed by atoms with Gasteiger partial charge in [0.25, 0.3) is 0 Å². The maximum absolute atomic E-state index is 11.9. The smallest absolute Gasteiger partial charge is 0.225 e. The zero-order valence-electron chi connectivity index (χ0n) is 11.4. The first kappa shape index (κ1) is 14.1. The van der Waals surface area contributed by atoms with Crippen LogP contribution in [-0.4, -0.2) is 43.7 Å². The van der Waals surface area contributed by atoms with E-state index in [0.29, 0.717) is 25.7 Å². The Hall–Kier alpha value is -1.33. The standard InChI is InChI=1S/C14H22N2O3/c1-16(11-13-3-2-9-18-13)14(17)6-10-19-12-4-7-15-8-5-12/h2-3,9,12,15H,4-8,10-11H2,1H3. The minimum absolute atomic E-state index is 0.0883. The number of furan rings is 1. The average molecular weight is 266 g/mol. The molecule has 1 N–H and O–H groups in total. The lowest BCUT2D eigenvalue weighted by Gasteiger charge is -2.23. The molecule has 1 aliphatic heterocycles. The Morgan fingerprint density at radius 1 is 1.53 bits per heavy atom. The summed E-state index contributed by atoms with van der Waals surface area (Å²) in [5.74, 6) is 0.889. The molecular weight excluding hydrogens is 244 g/mol. The highest BCUT2D eigenvalue weighted by molar-refractivity contribution is 5.75. The summed E-state index contributed by atoms with van der Waals surface area (Å²) >= 11 is 0. The summed E-state index contributed by atoms with van der Waals surface area (Å²) in [4.78, 5) is 13.6. The molecule has 0 aromatic carbocycles. The number of hydrogen-bond donors (Lipinski definition) is 1. The van der Waals surface area contributed by atoms with Crippen molar-refractivity contribution in [2.75, 3.05) is 26.7 Å². The molecule has 0 aliphatic carbocycles. The summed E-state index contributed by atoms with van der Waals surface area (Å²) in [5, 5.41) is 3.29. The van der Waals surface area contributed by atoms with Crippen LogP contribution in [0.4, 0.5) is 0 Å². The number of rotatable bonds is 6. The molecule has 5 heteroatoms. The topological polar surface area (TPSA) is 54.7 Å². The van der Waals surface area contributed by atoms with Gasteiger partial charge in [0, 0.05) is 7.05 Å². The molecule has 2 rings (SSSR count). The zero-order valence-corrected chi connectivity index (χ0v) is 11.4. The zero-order chi connectivity index (χ0) is 13.5. The fraction of sp³-hybridized carbons (Fsp3) is 0.643. The lowest BCUT2D eigenvalue weighted by molar-refractivity contribution is -0.132. The van der Waals surface area contributed by atoms with Crippen molar-refractivity contribution in [2.45, 2.75) is 31.9 Å². The molecule has 2 heterocycles. The van der Waals surface area contributed by atoms with E-state index in [-0.39, 0.29) is 5.91 Å². The van der Waals surface area contributed by atoms with E-state index in [1.807, 2.05) is 12.1 Å². The molecule has 1 aliphatic rings. The van der Waals surface area contributed by atoms with Crippen LogP contribution in [0.1, 0.15) is 25.0 Å². The van der Waals surface area contributed by atoms with Crippen molar-refractivity contribution >= 4 is 5.91 Å². The van der Waals surface area contributed by atoms with E-state index in [1.54, 1.807) is 18.2 Å². The second kappa shape index (κ2) is 7.31. The Labute approximate surface area is 113 Å². The van der Waals surface area contributed by atoms with Crippen molar-refractivity contribution in [1.82, 2.24) is 10.2 Å². The quantitative estimate of drug-likeness (QED) is 0.845. The summed E-state index contributed by atoms with van der Waals surface area (Å²) in [6, 6.07) is 3.70. The van der Waals surface area contributed by atoms with E-state index < -0.39 is 0 Å². The summed E-state index contributed by atoms with van der Waals surface area (Å²) in [7, 11) is 1.79. The first-order chi connectivity index (χ1) is 9.25. The van der Waals surface area contributed by atoms with Gasteiger partial charge in [-0.25, -0.2) is 0 Å². The third-order valence-electron chi connectivity index (χ3n) is 3.35. The van der Waals surface area contributed by atoms with E-state index >= 15 is 0 Å². The minimum atomic E-state index is 0.0883. The van der Waals surface area contributed by atoms with Gasteiger partial charge in [-0.2, -0.15) is 0 Å². The average Bonchev–Trinajstić information content (AvgIpc) is 2.92. The Morgan fingerprint density at radius 2 is 2.32 bits per heavy atom. The summed E-state index contributed by atoms with van der Waals surface area (Å²) in [6.45, 7) is 3.04. The molecule has 0 spiro atoms. The molecule has 5 nitrogen and oxygen atoms in total. The van der Waals surface area contributed by atoms with Gasteiger partial charge in [0.2, 0.25) is 5.91 Å². The maximum Gasteiger partial charge on any atom is 0.225 e. The van der Waals surface area contributed by atoms with Gasteiger partial charge in [-0.3, -0.25) is 4.79 Å². The van der Waals surface area contributed by atoms with E-state index in [2.05, 4.69) is 5.32 Å². The molecule has 0 bridgehead atoms. The maximum atomic E-state index is 11.9. The van der Waals surface area contributed by atoms with Gasteiger partial charge < -0.3 is 19.4 Å². The molecule has 0 saturated carbocycles. The number of piperidine rings is 1. The van der Waals surface area contributed by atoms with Gasteiger partial charge in [-0.05, 0) is 38.1 Å². The number of nitrogens with one attached hydrogen (secondary N) is 1. The number of carbonyl (C=O) groups excluding carboxylic acids is 1. The van der Waals surface area contributed by atoms with Crippen LogP contribution >= 0.6 is 0 Å². The number of amides is 1. The first-order valence-corrected chi connectivity index (χ1v) is 6.84. The predicted octanol–water partition coefficient (Wildman–Crippen LogP) is 1.40. The van der Waals surface area contributed by atoms with Crippen LogP contribution in [0.3, 0.4) is 0 Å².